The first-order chi connectivity index (χ1) is 7.69. The summed E-state index contributed by atoms with van der Waals surface area (Å²) < 4.78 is 5.02. The summed E-state index contributed by atoms with van der Waals surface area (Å²) in [5.41, 5.74) is 1.08. The fourth-order valence-corrected chi connectivity index (χ4v) is 1.60. The van der Waals surface area contributed by atoms with Crippen LogP contribution in [0.1, 0.15) is 12.5 Å². The maximum absolute atomic E-state index is 10.8. The van der Waals surface area contributed by atoms with Gasteiger partial charge in [0.1, 0.15) is 5.75 Å². The second kappa shape index (κ2) is 4.19. The van der Waals surface area contributed by atoms with Gasteiger partial charge >= 0.3 is 5.97 Å². The van der Waals surface area contributed by atoms with Crippen molar-refractivity contribution in [2.45, 2.75) is 6.92 Å². The highest BCUT2D eigenvalue weighted by molar-refractivity contribution is 5.86. The minimum Gasteiger partial charge on any atom is -0.427 e. The molecule has 0 atom stereocenters. The van der Waals surface area contributed by atoms with E-state index >= 15 is 0 Å². The van der Waals surface area contributed by atoms with Crippen LogP contribution in [-0.4, -0.2) is 5.97 Å². The lowest BCUT2D eigenvalue weighted by Gasteiger charge is -2.04. The summed E-state index contributed by atoms with van der Waals surface area (Å²) in [6.07, 6.45) is 1.80. The first-order valence-electron chi connectivity index (χ1n) is 5.04. The first kappa shape index (κ1) is 10.4. The van der Waals surface area contributed by atoms with Gasteiger partial charge in [0.25, 0.3) is 0 Å². The van der Waals surface area contributed by atoms with E-state index in [2.05, 4.69) is 6.58 Å². The molecule has 2 aromatic carbocycles. The summed E-state index contributed by atoms with van der Waals surface area (Å²) in [6, 6.07) is 11.6. The highest BCUT2D eigenvalue weighted by Gasteiger charge is 2.00. The van der Waals surface area contributed by atoms with Crippen LogP contribution in [0, 0.1) is 0 Å². The minimum absolute atomic E-state index is 0.304. The topological polar surface area (TPSA) is 26.3 Å². The van der Waals surface area contributed by atoms with Crippen LogP contribution in [0.5, 0.6) is 5.75 Å². The molecule has 80 valence electrons. The van der Waals surface area contributed by atoms with Crippen molar-refractivity contribution in [2.75, 3.05) is 0 Å². The van der Waals surface area contributed by atoms with Crippen molar-refractivity contribution < 1.29 is 9.53 Å². The summed E-state index contributed by atoms with van der Waals surface area (Å²) in [7, 11) is 0. The average Bonchev–Trinajstić information content (AvgIpc) is 2.27. The maximum atomic E-state index is 10.8. The van der Waals surface area contributed by atoms with Crippen LogP contribution < -0.4 is 4.74 Å². The van der Waals surface area contributed by atoms with Crippen molar-refractivity contribution in [1.29, 1.82) is 0 Å². The van der Waals surface area contributed by atoms with E-state index in [1.54, 1.807) is 12.1 Å². The zero-order chi connectivity index (χ0) is 11.5. The highest BCUT2D eigenvalue weighted by atomic mass is 16.5. The van der Waals surface area contributed by atoms with E-state index in [1.165, 1.54) is 6.92 Å². The molecule has 0 aromatic heterocycles. The van der Waals surface area contributed by atoms with Gasteiger partial charge in [-0.3, -0.25) is 4.79 Å². The van der Waals surface area contributed by atoms with Crippen molar-refractivity contribution in [1.82, 2.24) is 0 Å². The molecule has 16 heavy (non-hydrogen) atoms. The molecule has 2 heteroatoms. The molecule has 0 unspecified atom stereocenters. The molecule has 0 saturated carbocycles. The summed E-state index contributed by atoms with van der Waals surface area (Å²) in [5, 5.41) is 2.15. The summed E-state index contributed by atoms with van der Waals surface area (Å²) in [4.78, 5) is 10.8. The van der Waals surface area contributed by atoms with Gasteiger partial charge in [-0.2, -0.15) is 0 Å². The van der Waals surface area contributed by atoms with E-state index in [1.807, 2.05) is 30.3 Å². The lowest BCUT2D eigenvalue weighted by molar-refractivity contribution is -0.131. The van der Waals surface area contributed by atoms with Crippen molar-refractivity contribution in [3.8, 4) is 5.75 Å². The molecule has 0 N–H and O–H groups in total. The Kier molecular flexibility index (Phi) is 2.73. The number of carbonyl (C=O) groups is 1. The second-order valence-corrected chi connectivity index (χ2v) is 3.57. The van der Waals surface area contributed by atoms with Gasteiger partial charge in [-0.25, -0.2) is 0 Å². The molecule has 2 rings (SSSR count). The molecular formula is C14H12O2. The third-order valence-electron chi connectivity index (χ3n) is 2.33. The Bertz CT molecular complexity index is 556. The smallest absolute Gasteiger partial charge is 0.308 e. The number of hydrogen-bond acceptors (Lipinski definition) is 2. The summed E-state index contributed by atoms with van der Waals surface area (Å²) in [6.45, 7) is 5.12. The molecule has 0 radical (unpaired) electrons. The largest absolute Gasteiger partial charge is 0.427 e. The zero-order valence-corrected chi connectivity index (χ0v) is 9.07. The van der Waals surface area contributed by atoms with E-state index < -0.39 is 0 Å². The fraction of sp³-hybridized carbons (Fsp3) is 0.0714. The number of ether oxygens (including phenoxy) is 1. The highest BCUT2D eigenvalue weighted by Crippen LogP contribution is 2.22. The number of rotatable bonds is 2. The van der Waals surface area contributed by atoms with Crippen molar-refractivity contribution >= 4 is 22.8 Å². The maximum Gasteiger partial charge on any atom is 0.308 e. The fourth-order valence-electron chi connectivity index (χ4n) is 1.60. The van der Waals surface area contributed by atoms with Gasteiger partial charge in [-0.05, 0) is 34.5 Å². The minimum atomic E-state index is -0.304. The van der Waals surface area contributed by atoms with Crippen LogP contribution in [0.25, 0.3) is 16.8 Å². The molecule has 0 amide bonds. The predicted octanol–water partition coefficient (Wildman–Crippen LogP) is 3.41. The van der Waals surface area contributed by atoms with Gasteiger partial charge in [-0.1, -0.05) is 30.9 Å². The summed E-state index contributed by atoms with van der Waals surface area (Å²) in [5.74, 6) is 0.272. The van der Waals surface area contributed by atoms with E-state index in [0.717, 1.165) is 16.3 Å². The SMILES string of the molecule is C=Cc1ccc2cc(OC(C)=O)ccc2c1. The zero-order valence-electron chi connectivity index (χ0n) is 9.07. The summed E-state index contributed by atoms with van der Waals surface area (Å²) >= 11 is 0. The van der Waals surface area contributed by atoms with Crippen molar-refractivity contribution in [3.63, 3.8) is 0 Å². The number of esters is 1. The van der Waals surface area contributed by atoms with E-state index in [4.69, 9.17) is 4.74 Å². The predicted molar refractivity (Wildman–Crippen MR) is 65.3 cm³/mol. The van der Waals surface area contributed by atoms with Gasteiger partial charge < -0.3 is 4.74 Å². The lowest BCUT2D eigenvalue weighted by atomic mass is 10.1. The van der Waals surface area contributed by atoms with Gasteiger partial charge in [0, 0.05) is 6.92 Å². The number of carbonyl (C=O) groups excluding carboxylic acids is 1. The molecule has 0 bridgehead atoms. The monoisotopic (exact) mass is 212 g/mol. The van der Waals surface area contributed by atoms with Gasteiger partial charge in [-0.15, -0.1) is 0 Å². The lowest BCUT2D eigenvalue weighted by Crippen LogP contribution is -2.00. The second-order valence-electron chi connectivity index (χ2n) is 3.57. The van der Waals surface area contributed by atoms with Gasteiger partial charge in [0.2, 0.25) is 0 Å². The third kappa shape index (κ3) is 2.11. The number of hydrogen-bond donors (Lipinski definition) is 0. The average molecular weight is 212 g/mol. The van der Waals surface area contributed by atoms with E-state index in [0.29, 0.717) is 5.75 Å². The molecule has 2 nitrogen and oxygen atoms in total. The normalized spacial score (nSPS) is 10.1. The Morgan fingerprint density at radius 3 is 2.56 bits per heavy atom. The Balaban J connectivity index is 2.47. The van der Waals surface area contributed by atoms with E-state index in [-0.39, 0.29) is 5.97 Å². The van der Waals surface area contributed by atoms with Crippen molar-refractivity contribution in [2.24, 2.45) is 0 Å². The number of benzene rings is 2. The molecule has 0 fully saturated rings. The molecule has 0 aliphatic heterocycles. The van der Waals surface area contributed by atoms with Crippen LogP contribution in [0.15, 0.2) is 43.0 Å². The van der Waals surface area contributed by atoms with Crippen LogP contribution >= 0.6 is 0 Å². The van der Waals surface area contributed by atoms with Crippen molar-refractivity contribution in [3.05, 3.63) is 48.5 Å². The molecule has 0 heterocycles. The molecule has 0 spiro atoms. The molecule has 2 aromatic rings. The molecule has 0 saturated heterocycles. The Morgan fingerprint density at radius 1 is 1.19 bits per heavy atom. The molecular weight excluding hydrogens is 200 g/mol. The molecule has 0 aliphatic rings. The standard InChI is InChI=1S/C14H12O2/c1-3-11-4-5-13-9-14(16-10(2)15)7-6-12(13)8-11/h3-9H,1H2,2H3. The Morgan fingerprint density at radius 2 is 1.88 bits per heavy atom. The van der Waals surface area contributed by atoms with Gasteiger partial charge in [0.05, 0.1) is 0 Å². The van der Waals surface area contributed by atoms with E-state index in [9.17, 15) is 4.79 Å². The van der Waals surface area contributed by atoms with Gasteiger partial charge in [0.15, 0.2) is 0 Å². The third-order valence-corrected chi connectivity index (χ3v) is 2.33. The van der Waals surface area contributed by atoms with Crippen LogP contribution in [-0.2, 0) is 4.79 Å². The Labute approximate surface area is 94.2 Å². The quantitative estimate of drug-likeness (QED) is 0.563. The van der Waals surface area contributed by atoms with Crippen LogP contribution in [0.2, 0.25) is 0 Å². The first-order valence-corrected chi connectivity index (χ1v) is 5.04. The van der Waals surface area contributed by atoms with Crippen LogP contribution in [0.3, 0.4) is 0 Å². The Hall–Kier alpha value is -2.09. The van der Waals surface area contributed by atoms with Crippen LogP contribution in [0.4, 0.5) is 0 Å². The molecule has 0 aliphatic carbocycles. The number of fused-ring (bicyclic) bond motifs is 1.